The van der Waals surface area contributed by atoms with Gasteiger partial charge < -0.3 is 0 Å². The van der Waals surface area contributed by atoms with Crippen molar-refractivity contribution in [2.75, 3.05) is 0 Å². The summed E-state index contributed by atoms with van der Waals surface area (Å²) in [5, 5.41) is 0. The van der Waals surface area contributed by atoms with Crippen LogP contribution in [-0.2, 0) is 14.4 Å². The molecule has 0 aromatic carbocycles. The largest absolute Gasteiger partial charge is 0.299 e. The lowest BCUT2D eigenvalue weighted by atomic mass is 9.89. The maximum atomic E-state index is 11.0. The zero-order valence-corrected chi connectivity index (χ0v) is 6.16. The summed E-state index contributed by atoms with van der Waals surface area (Å²) in [6.07, 6.45) is 2.99. The van der Waals surface area contributed by atoms with Gasteiger partial charge in [0, 0.05) is 6.42 Å². The lowest BCUT2D eigenvalue weighted by Crippen LogP contribution is -2.31. The summed E-state index contributed by atoms with van der Waals surface area (Å²) in [6, 6.07) is 0. The molecule has 0 spiro atoms. The van der Waals surface area contributed by atoms with Gasteiger partial charge in [-0.25, -0.2) is 0 Å². The first-order chi connectivity index (χ1) is 5.13. The van der Waals surface area contributed by atoms with Crippen LogP contribution in [0.15, 0.2) is 12.2 Å². The molecule has 1 aliphatic rings. The van der Waals surface area contributed by atoms with Crippen LogP contribution in [0.25, 0.3) is 0 Å². The molecule has 0 saturated heterocycles. The van der Waals surface area contributed by atoms with Crippen LogP contribution in [-0.4, -0.2) is 17.3 Å². The van der Waals surface area contributed by atoms with Gasteiger partial charge in [0.25, 0.3) is 0 Å². The third-order valence-corrected chi connectivity index (χ3v) is 1.61. The Balaban J connectivity index is 2.92. The number of ketones is 3. The molecule has 0 amide bonds. The molecule has 58 valence electrons. The molecule has 1 unspecified atom stereocenters. The second-order valence-corrected chi connectivity index (χ2v) is 2.52. The average molecular weight is 152 g/mol. The normalized spacial score (nSPS) is 23.9. The fraction of sp³-hybridized carbons (Fsp3) is 0.375. The molecule has 0 heterocycles. The average Bonchev–Trinajstić information content (AvgIpc) is 1.85. The van der Waals surface area contributed by atoms with E-state index >= 15 is 0 Å². The van der Waals surface area contributed by atoms with Crippen molar-refractivity contribution in [1.82, 2.24) is 0 Å². The lowest BCUT2D eigenvalue weighted by Gasteiger charge is -2.10. The zero-order valence-electron chi connectivity index (χ0n) is 6.16. The van der Waals surface area contributed by atoms with Crippen LogP contribution < -0.4 is 0 Å². The van der Waals surface area contributed by atoms with Gasteiger partial charge in [-0.2, -0.15) is 0 Å². The SMILES string of the molecule is CC(=O)C1C(=O)C=CCC1=O. The van der Waals surface area contributed by atoms with Crippen LogP contribution in [0.2, 0.25) is 0 Å². The standard InChI is InChI=1S/C8H8O3/c1-5(9)8-6(10)3-2-4-7(8)11/h2-3,8H,4H2,1H3. The Kier molecular flexibility index (Phi) is 1.98. The molecule has 0 saturated carbocycles. The molecule has 0 aromatic heterocycles. The van der Waals surface area contributed by atoms with Crippen molar-refractivity contribution >= 4 is 17.3 Å². The Hall–Kier alpha value is -1.25. The summed E-state index contributed by atoms with van der Waals surface area (Å²) in [5.74, 6) is -2.04. The minimum Gasteiger partial charge on any atom is -0.299 e. The molecule has 1 rings (SSSR count). The van der Waals surface area contributed by atoms with Crippen molar-refractivity contribution < 1.29 is 14.4 Å². The van der Waals surface area contributed by atoms with Crippen LogP contribution in [0, 0.1) is 5.92 Å². The Morgan fingerprint density at radius 1 is 1.55 bits per heavy atom. The Labute approximate surface area is 64.1 Å². The molecular formula is C8H8O3. The number of rotatable bonds is 1. The van der Waals surface area contributed by atoms with E-state index in [9.17, 15) is 14.4 Å². The Bertz CT molecular complexity index is 250. The quantitative estimate of drug-likeness (QED) is 0.507. The topological polar surface area (TPSA) is 51.2 Å². The third kappa shape index (κ3) is 1.42. The van der Waals surface area contributed by atoms with Crippen molar-refractivity contribution in [3.8, 4) is 0 Å². The van der Waals surface area contributed by atoms with E-state index in [4.69, 9.17) is 0 Å². The molecule has 0 fully saturated rings. The van der Waals surface area contributed by atoms with Crippen molar-refractivity contribution in [2.24, 2.45) is 5.92 Å². The number of Topliss-reactive ketones (excluding diaryl/α,β-unsaturated/α-hetero) is 2. The molecular weight excluding hydrogens is 144 g/mol. The summed E-state index contributed by atoms with van der Waals surface area (Å²) in [6.45, 7) is 1.26. The number of allylic oxidation sites excluding steroid dienone is 2. The first-order valence-electron chi connectivity index (χ1n) is 3.36. The molecule has 0 aliphatic heterocycles. The van der Waals surface area contributed by atoms with E-state index in [0.717, 1.165) is 0 Å². The number of carbonyl (C=O) groups is 3. The van der Waals surface area contributed by atoms with Gasteiger partial charge >= 0.3 is 0 Å². The highest BCUT2D eigenvalue weighted by molar-refractivity contribution is 6.23. The van der Waals surface area contributed by atoms with Gasteiger partial charge in [-0.05, 0) is 13.0 Å². The van der Waals surface area contributed by atoms with Gasteiger partial charge in [0.15, 0.2) is 11.6 Å². The number of hydrogen-bond donors (Lipinski definition) is 0. The lowest BCUT2D eigenvalue weighted by molar-refractivity contribution is -0.137. The highest BCUT2D eigenvalue weighted by Crippen LogP contribution is 2.11. The first kappa shape index (κ1) is 7.85. The minimum absolute atomic E-state index is 0.204. The molecule has 11 heavy (non-hydrogen) atoms. The van der Waals surface area contributed by atoms with E-state index in [1.54, 1.807) is 0 Å². The number of carbonyl (C=O) groups excluding carboxylic acids is 3. The predicted molar refractivity (Wildman–Crippen MR) is 37.9 cm³/mol. The third-order valence-electron chi connectivity index (χ3n) is 1.61. The smallest absolute Gasteiger partial charge is 0.173 e. The molecule has 0 aromatic rings. The molecule has 0 N–H and O–H groups in total. The fourth-order valence-electron chi connectivity index (χ4n) is 1.09. The van der Waals surface area contributed by atoms with E-state index in [-0.39, 0.29) is 23.8 Å². The van der Waals surface area contributed by atoms with E-state index < -0.39 is 5.92 Å². The highest BCUT2D eigenvalue weighted by atomic mass is 16.2. The highest BCUT2D eigenvalue weighted by Gasteiger charge is 2.30. The van der Waals surface area contributed by atoms with Crippen molar-refractivity contribution in [3.63, 3.8) is 0 Å². The van der Waals surface area contributed by atoms with Crippen LogP contribution >= 0.6 is 0 Å². The molecule has 3 nitrogen and oxygen atoms in total. The monoisotopic (exact) mass is 152 g/mol. The summed E-state index contributed by atoms with van der Waals surface area (Å²) in [7, 11) is 0. The molecule has 1 aliphatic carbocycles. The van der Waals surface area contributed by atoms with Gasteiger partial charge in [0.1, 0.15) is 11.7 Å². The second-order valence-electron chi connectivity index (χ2n) is 2.52. The van der Waals surface area contributed by atoms with Crippen LogP contribution in [0.3, 0.4) is 0 Å². The first-order valence-corrected chi connectivity index (χ1v) is 3.36. The molecule has 0 bridgehead atoms. The van der Waals surface area contributed by atoms with Crippen molar-refractivity contribution in [3.05, 3.63) is 12.2 Å². The van der Waals surface area contributed by atoms with Crippen molar-refractivity contribution in [1.29, 1.82) is 0 Å². The van der Waals surface area contributed by atoms with Gasteiger partial charge in [-0.15, -0.1) is 0 Å². The van der Waals surface area contributed by atoms with Crippen molar-refractivity contribution in [2.45, 2.75) is 13.3 Å². The zero-order chi connectivity index (χ0) is 8.43. The summed E-state index contributed by atoms with van der Waals surface area (Å²) in [5.41, 5.74) is 0. The van der Waals surface area contributed by atoms with Gasteiger partial charge in [-0.3, -0.25) is 14.4 Å². The Morgan fingerprint density at radius 2 is 2.18 bits per heavy atom. The summed E-state index contributed by atoms with van der Waals surface area (Å²) < 4.78 is 0. The van der Waals surface area contributed by atoms with E-state index in [2.05, 4.69) is 0 Å². The van der Waals surface area contributed by atoms with E-state index in [0.29, 0.717) is 0 Å². The predicted octanol–water partition coefficient (Wildman–Crippen LogP) is 0.290. The number of hydrogen-bond acceptors (Lipinski definition) is 3. The van der Waals surface area contributed by atoms with Crippen LogP contribution in [0.4, 0.5) is 0 Å². The molecule has 0 radical (unpaired) electrons. The van der Waals surface area contributed by atoms with E-state index in [1.807, 2.05) is 0 Å². The molecule has 1 atom stereocenters. The Morgan fingerprint density at radius 3 is 2.55 bits per heavy atom. The second kappa shape index (κ2) is 2.78. The van der Waals surface area contributed by atoms with Gasteiger partial charge in [-0.1, -0.05) is 6.08 Å². The fourth-order valence-corrected chi connectivity index (χ4v) is 1.09. The van der Waals surface area contributed by atoms with Gasteiger partial charge in [0.2, 0.25) is 0 Å². The van der Waals surface area contributed by atoms with Crippen LogP contribution in [0.5, 0.6) is 0 Å². The van der Waals surface area contributed by atoms with Gasteiger partial charge in [0.05, 0.1) is 0 Å². The maximum absolute atomic E-state index is 11.0. The van der Waals surface area contributed by atoms with Crippen LogP contribution in [0.1, 0.15) is 13.3 Å². The van der Waals surface area contributed by atoms with E-state index in [1.165, 1.54) is 19.1 Å². The maximum Gasteiger partial charge on any atom is 0.173 e. The summed E-state index contributed by atoms with van der Waals surface area (Å²) in [4.78, 5) is 32.6. The minimum atomic E-state index is -1.01. The summed E-state index contributed by atoms with van der Waals surface area (Å²) >= 11 is 0. The molecule has 3 heteroatoms.